The molecular weight excluding hydrogens is 457 g/mol. The van der Waals surface area contributed by atoms with Crippen LogP contribution >= 0.6 is 20.7 Å². The average Bonchev–Trinajstić information content (AvgIpc) is 2.81. The summed E-state index contributed by atoms with van der Waals surface area (Å²) in [4.78, 5) is 0. The first-order chi connectivity index (χ1) is 15.5. The SMILES string of the molecule is C[Si](C)(C)C1=P(c2ccccc2)(c2ccccc2)P=P1(c1ccccc1)c1ccccc1. The third kappa shape index (κ3) is 3.39. The third-order valence-corrected chi connectivity index (χ3v) is 33.7. The van der Waals surface area contributed by atoms with Crippen molar-refractivity contribution in [2.24, 2.45) is 0 Å². The van der Waals surface area contributed by atoms with E-state index in [2.05, 4.69) is 141 Å². The van der Waals surface area contributed by atoms with E-state index in [-0.39, 0.29) is 0 Å². The molecule has 4 aromatic rings. The van der Waals surface area contributed by atoms with Gasteiger partial charge in [-0.15, -0.1) is 0 Å². The smallest absolute Gasteiger partial charge is 0.0655 e. The summed E-state index contributed by atoms with van der Waals surface area (Å²) in [5.41, 5.74) is 0. The maximum Gasteiger partial charge on any atom is 0.0812 e. The first-order valence-electron chi connectivity index (χ1n) is 11.1. The highest BCUT2D eigenvalue weighted by molar-refractivity contribution is 8.67. The van der Waals surface area contributed by atoms with Crippen molar-refractivity contribution in [2.45, 2.75) is 19.6 Å². The first kappa shape index (κ1) is 21.9. The molecule has 0 aromatic heterocycles. The zero-order valence-corrected chi connectivity index (χ0v) is 22.6. The number of hydrogen-bond acceptors (Lipinski definition) is 0. The minimum atomic E-state index is -1.67. The fourth-order valence-electron chi connectivity index (χ4n) is 5.00. The van der Waals surface area contributed by atoms with Gasteiger partial charge in [-0.2, -0.15) is 0 Å². The predicted octanol–water partition coefficient (Wildman–Crippen LogP) is 7.12. The fourth-order valence-corrected chi connectivity index (χ4v) is 44.6. The van der Waals surface area contributed by atoms with Crippen molar-refractivity contribution in [3.8, 4) is 0 Å². The van der Waals surface area contributed by atoms with Gasteiger partial charge in [0.2, 0.25) is 0 Å². The Kier molecular flexibility index (Phi) is 5.82. The molecule has 0 nitrogen and oxygen atoms in total. The topological polar surface area (TPSA) is 0 Å². The number of hydrogen-bond donors (Lipinski definition) is 0. The maximum absolute atomic E-state index is 2.58. The highest BCUT2D eigenvalue weighted by Gasteiger charge is 2.50. The molecule has 0 spiro atoms. The van der Waals surface area contributed by atoms with Crippen LogP contribution in [0.4, 0.5) is 0 Å². The lowest BCUT2D eigenvalue weighted by Crippen LogP contribution is -2.44. The Morgan fingerprint density at radius 2 is 0.781 bits per heavy atom. The molecule has 4 aromatic carbocycles. The molecule has 1 aliphatic rings. The summed E-state index contributed by atoms with van der Waals surface area (Å²) in [7, 11) is -0.0357. The summed E-state index contributed by atoms with van der Waals surface area (Å²) >= 11 is 0. The fraction of sp³-hybridized carbons (Fsp3) is 0.107. The highest BCUT2D eigenvalue weighted by Crippen LogP contribution is 2.86. The highest BCUT2D eigenvalue weighted by atomic mass is 32.3. The van der Waals surface area contributed by atoms with Crippen molar-refractivity contribution in [3.63, 3.8) is 0 Å². The second kappa shape index (κ2) is 8.48. The van der Waals surface area contributed by atoms with Crippen molar-refractivity contribution in [1.82, 2.24) is 0 Å². The van der Waals surface area contributed by atoms with Crippen molar-refractivity contribution in [1.29, 1.82) is 0 Å². The van der Waals surface area contributed by atoms with Gasteiger partial charge in [-0.1, -0.05) is 149 Å². The van der Waals surface area contributed by atoms with Crippen LogP contribution in [0.15, 0.2) is 121 Å². The van der Waals surface area contributed by atoms with Gasteiger partial charge in [-0.05, 0) is 39.0 Å². The average molecular weight is 487 g/mol. The van der Waals surface area contributed by atoms with Crippen molar-refractivity contribution in [3.05, 3.63) is 121 Å². The van der Waals surface area contributed by atoms with Crippen LogP contribution in [-0.4, -0.2) is 12.7 Å². The second-order valence-corrected chi connectivity index (χ2v) is 26.9. The van der Waals surface area contributed by atoms with Crippen LogP contribution in [0, 0.1) is 0 Å². The van der Waals surface area contributed by atoms with Crippen LogP contribution < -0.4 is 21.2 Å². The molecule has 1 aliphatic heterocycles. The largest absolute Gasteiger partial charge is 0.0812 e. The Morgan fingerprint density at radius 1 is 0.469 bits per heavy atom. The summed E-state index contributed by atoms with van der Waals surface area (Å²) in [6.07, 6.45) is 0. The normalized spacial score (nSPS) is 17.2. The Balaban J connectivity index is 1.97. The monoisotopic (exact) mass is 486 g/mol. The maximum atomic E-state index is 2.58. The summed E-state index contributed by atoms with van der Waals surface area (Å²) in [6, 6.07) is 45.7. The molecule has 160 valence electrons. The van der Waals surface area contributed by atoms with E-state index in [4.69, 9.17) is 0 Å². The molecule has 0 aliphatic carbocycles. The summed E-state index contributed by atoms with van der Waals surface area (Å²) < 4.78 is 1.92. The zero-order chi connectivity index (χ0) is 22.2. The van der Waals surface area contributed by atoms with Gasteiger partial charge in [0.05, 0.1) is 8.07 Å². The van der Waals surface area contributed by atoms with Gasteiger partial charge in [-0.25, -0.2) is 0 Å². The second-order valence-electron chi connectivity index (χ2n) is 9.28. The van der Waals surface area contributed by atoms with E-state index >= 15 is 0 Å². The van der Waals surface area contributed by atoms with Gasteiger partial charge in [0, 0.05) is 0 Å². The molecule has 0 amide bonds. The van der Waals surface area contributed by atoms with Crippen LogP contribution in [0.1, 0.15) is 0 Å². The lowest BCUT2D eigenvalue weighted by Gasteiger charge is -2.51. The standard InChI is InChI=1S/C28H29P3Si/c1-32(2,3)28-30(24-16-8-4-9-17-24,25-18-10-5-11-19-25)29-31(28,26-20-12-6-13-21-26)27-22-14-7-15-23-27/h4-23H,1-3H3. The summed E-state index contributed by atoms with van der Waals surface area (Å²) in [5, 5.41) is 6.20. The van der Waals surface area contributed by atoms with Crippen molar-refractivity contribution < 1.29 is 0 Å². The number of benzene rings is 4. The molecule has 0 saturated heterocycles. The molecule has 5 rings (SSSR count). The molecule has 0 bridgehead atoms. The van der Waals surface area contributed by atoms with Gasteiger partial charge < -0.3 is 0 Å². The van der Waals surface area contributed by atoms with Crippen molar-refractivity contribution >= 4 is 54.6 Å². The Bertz CT molecular complexity index is 1250. The quantitative estimate of drug-likeness (QED) is 0.208. The van der Waals surface area contributed by atoms with E-state index < -0.39 is 21.2 Å². The lowest BCUT2D eigenvalue weighted by atomic mass is 10.4. The molecular formula is C28H29P3Si. The molecule has 0 radical (unpaired) electrons. The Morgan fingerprint density at radius 3 is 1.09 bits per heavy atom. The minimum Gasteiger partial charge on any atom is -0.0655 e. The summed E-state index contributed by atoms with van der Waals surface area (Å²) in [5.74, 6) is 0. The van der Waals surface area contributed by atoms with Gasteiger partial charge >= 0.3 is 0 Å². The van der Waals surface area contributed by atoms with Gasteiger partial charge in [0.1, 0.15) is 0 Å². The van der Waals surface area contributed by atoms with E-state index in [0.717, 1.165) is 0 Å². The molecule has 0 N–H and O–H groups in total. The van der Waals surface area contributed by atoms with Gasteiger partial charge in [0.15, 0.2) is 0 Å². The molecule has 4 heteroatoms. The molecule has 0 saturated carbocycles. The molecule has 0 unspecified atom stereocenters. The predicted molar refractivity (Wildman–Crippen MR) is 153 cm³/mol. The third-order valence-electron chi connectivity index (χ3n) is 6.07. The van der Waals surface area contributed by atoms with E-state index in [1.165, 1.54) is 0 Å². The zero-order valence-electron chi connectivity index (χ0n) is 18.9. The molecule has 0 atom stereocenters. The summed E-state index contributed by atoms with van der Waals surface area (Å²) in [6.45, 7) is 4.43. The first-order valence-corrected chi connectivity index (χ1v) is 20.5. The Hall–Kier alpha value is -1.87. The van der Waals surface area contributed by atoms with Crippen LogP contribution in [0.3, 0.4) is 0 Å². The lowest BCUT2D eigenvalue weighted by molar-refractivity contribution is 1.75. The van der Waals surface area contributed by atoms with Crippen LogP contribution in [-0.2, 0) is 0 Å². The van der Waals surface area contributed by atoms with Gasteiger partial charge in [-0.3, -0.25) is 0 Å². The van der Waals surface area contributed by atoms with E-state index in [0.29, 0.717) is 0 Å². The Labute approximate surface area is 195 Å². The minimum absolute atomic E-state index is 1.55. The van der Waals surface area contributed by atoms with E-state index in [1.807, 2.05) is 4.66 Å². The van der Waals surface area contributed by atoms with Crippen LogP contribution in [0.5, 0.6) is 0 Å². The molecule has 32 heavy (non-hydrogen) atoms. The van der Waals surface area contributed by atoms with E-state index in [9.17, 15) is 0 Å². The van der Waals surface area contributed by atoms with Crippen molar-refractivity contribution in [2.75, 3.05) is 0 Å². The van der Waals surface area contributed by atoms with Crippen LogP contribution in [0.2, 0.25) is 19.6 Å². The number of rotatable bonds is 5. The molecule has 0 fully saturated rings. The molecule has 1 heterocycles. The van der Waals surface area contributed by atoms with Crippen LogP contribution in [0.25, 0.3) is 0 Å². The van der Waals surface area contributed by atoms with E-state index in [1.54, 1.807) is 28.8 Å². The van der Waals surface area contributed by atoms with Gasteiger partial charge in [0.25, 0.3) is 0 Å².